The molecule has 4 nitrogen and oxygen atoms in total. The molecular weight excluding hydrogens is 274 g/mol. The molecule has 0 aliphatic heterocycles. The van der Waals surface area contributed by atoms with Gasteiger partial charge in [-0.2, -0.15) is 0 Å². The summed E-state index contributed by atoms with van der Waals surface area (Å²) in [5, 5.41) is 13.4. The maximum absolute atomic E-state index is 12.0. The van der Waals surface area contributed by atoms with E-state index in [4.69, 9.17) is 5.11 Å². The molecule has 5 heteroatoms. The van der Waals surface area contributed by atoms with E-state index < -0.39 is 5.97 Å². The average Bonchev–Trinajstić information content (AvgIpc) is 2.96. The normalized spacial score (nSPS) is 10.6. The lowest BCUT2D eigenvalue weighted by Gasteiger charge is -2.04. The van der Waals surface area contributed by atoms with Crippen LogP contribution in [0, 0.1) is 0 Å². The number of carboxylic acid groups (broad SMARTS) is 1. The van der Waals surface area contributed by atoms with Crippen molar-refractivity contribution in [1.82, 2.24) is 5.32 Å². The first-order chi connectivity index (χ1) is 9.65. The standard InChI is InChI=1S/C15H13NO3S/c17-14(18)7-6-11-3-1-4-12(9-11)15(19)16-10-13-5-2-8-20-13/h1-9H,10H2,(H,16,19)(H,17,18). The van der Waals surface area contributed by atoms with Crippen molar-refractivity contribution in [1.29, 1.82) is 0 Å². The third-order valence-corrected chi connectivity index (χ3v) is 3.45. The highest BCUT2D eigenvalue weighted by Gasteiger charge is 2.05. The zero-order valence-corrected chi connectivity index (χ0v) is 11.4. The number of aliphatic carboxylic acids is 1. The summed E-state index contributed by atoms with van der Waals surface area (Å²) in [5.41, 5.74) is 1.19. The molecule has 2 aromatic rings. The number of carbonyl (C=O) groups excluding carboxylic acids is 1. The molecule has 0 unspecified atom stereocenters. The quantitative estimate of drug-likeness (QED) is 0.831. The van der Waals surface area contributed by atoms with Crippen molar-refractivity contribution >= 4 is 29.3 Å². The van der Waals surface area contributed by atoms with Crippen molar-refractivity contribution in [3.8, 4) is 0 Å². The Bertz CT molecular complexity index is 632. The Morgan fingerprint density at radius 3 is 2.80 bits per heavy atom. The first kappa shape index (κ1) is 14.0. The summed E-state index contributed by atoms with van der Waals surface area (Å²) in [6, 6.07) is 10.7. The molecule has 0 fully saturated rings. The van der Waals surface area contributed by atoms with E-state index in [1.165, 1.54) is 6.08 Å². The predicted molar refractivity (Wildman–Crippen MR) is 78.6 cm³/mol. The molecule has 20 heavy (non-hydrogen) atoms. The van der Waals surface area contributed by atoms with Crippen LogP contribution in [-0.4, -0.2) is 17.0 Å². The van der Waals surface area contributed by atoms with Gasteiger partial charge >= 0.3 is 5.97 Å². The lowest BCUT2D eigenvalue weighted by Crippen LogP contribution is -2.22. The minimum Gasteiger partial charge on any atom is -0.478 e. The Kier molecular flexibility index (Phi) is 4.68. The monoisotopic (exact) mass is 287 g/mol. The van der Waals surface area contributed by atoms with E-state index >= 15 is 0 Å². The van der Waals surface area contributed by atoms with Crippen LogP contribution in [0.2, 0.25) is 0 Å². The number of carbonyl (C=O) groups is 2. The number of benzene rings is 1. The van der Waals surface area contributed by atoms with Gasteiger partial charge in [0.15, 0.2) is 0 Å². The van der Waals surface area contributed by atoms with Crippen molar-refractivity contribution in [3.05, 3.63) is 63.9 Å². The van der Waals surface area contributed by atoms with Crippen molar-refractivity contribution in [2.45, 2.75) is 6.54 Å². The van der Waals surface area contributed by atoms with Gasteiger partial charge in [-0.25, -0.2) is 4.79 Å². The van der Waals surface area contributed by atoms with Crippen molar-refractivity contribution in [2.75, 3.05) is 0 Å². The summed E-state index contributed by atoms with van der Waals surface area (Å²) >= 11 is 1.58. The summed E-state index contributed by atoms with van der Waals surface area (Å²) in [6.45, 7) is 0.492. The third kappa shape index (κ3) is 4.07. The van der Waals surface area contributed by atoms with Crippen LogP contribution in [0.15, 0.2) is 47.9 Å². The van der Waals surface area contributed by atoms with E-state index in [1.54, 1.807) is 35.6 Å². The van der Waals surface area contributed by atoms with Crippen molar-refractivity contribution in [2.24, 2.45) is 0 Å². The molecule has 0 atom stereocenters. The molecule has 2 rings (SSSR count). The van der Waals surface area contributed by atoms with Crippen LogP contribution in [0.25, 0.3) is 6.08 Å². The lowest BCUT2D eigenvalue weighted by molar-refractivity contribution is -0.131. The second-order valence-electron chi connectivity index (χ2n) is 4.06. The molecule has 2 N–H and O–H groups in total. The van der Waals surface area contributed by atoms with Gasteiger partial charge < -0.3 is 10.4 Å². The van der Waals surface area contributed by atoms with Crippen LogP contribution >= 0.6 is 11.3 Å². The smallest absolute Gasteiger partial charge is 0.328 e. The van der Waals surface area contributed by atoms with Gasteiger partial charge in [0, 0.05) is 16.5 Å². The van der Waals surface area contributed by atoms with Crippen LogP contribution in [-0.2, 0) is 11.3 Å². The van der Waals surface area contributed by atoms with Crippen LogP contribution in [0.3, 0.4) is 0 Å². The molecule has 0 saturated heterocycles. The topological polar surface area (TPSA) is 66.4 Å². The molecule has 0 spiro atoms. The van der Waals surface area contributed by atoms with Gasteiger partial charge in [0.1, 0.15) is 0 Å². The fourth-order valence-electron chi connectivity index (χ4n) is 1.63. The molecule has 1 aromatic carbocycles. The molecule has 0 aliphatic rings. The van der Waals surface area contributed by atoms with Gasteiger partial charge in [-0.1, -0.05) is 18.2 Å². The Balaban J connectivity index is 2.02. The van der Waals surface area contributed by atoms with Crippen molar-refractivity contribution in [3.63, 3.8) is 0 Å². The number of nitrogens with one attached hydrogen (secondary N) is 1. The summed E-state index contributed by atoms with van der Waals surface area (Å²) in [7, 11) is 0. The molecule has 102 valence electrons. The maximum atomic E-state index is 12.0. The van der Waals surface area contributed by atoms with E-state index in [9.17, 15) is 9.59 Å². The van der Waals surface area contributed by atoms with Crippen LogP contribution in [0.1, 0.15) is 20.8 Å². The molecular formula is C15H13NO3S. The predicted octanol–water partition coefficient (Wildman–Crippen LogP) is 2.78. The Morgan fingerprint density at radius 1 is 1.25 bits per heavy atom. The fourth-order valence-corrected chi connectivity index (χ4v) is 2.28. The van der Waals surface area contributed by atoms with E-state index in [0.717, 1.165) is 11.0 Å². The highest BCUT2D eigenvalue weighted by atomic mass is 32.1. The fraction of sp³-hybridized carbons (Fsp3) is 0.0667. The van der Waals surface area contributed by atoms with E-state index in [-0.39, 0.29) is 5.91 Å². The van der Waals surface area contributed by atoms with E-state index in [1.807, 2.05) is 17.5 Å². The van der Waals surface area contributed by atoms with Crippen LogP contribution in [0.5, 0.6) is 0 Å². The SMILES string of the molecule is O=C(O)C=Cc1cccc(C(=O)NCc2cccs2)c1. The number of hydrogen-bond donors (Lipinski definition) is 2. The Hall–Kier alpha value is -2.40. The molecule has 0 radical (unpaired) electrons. The number of rotatable bonds is 5. The van der Waals surface area contributed by atoms with Gasteiger partial charge in [-0.3, -0.25) is 4.79 Å². The van der Waals surface area contributed by atoms with Gasteiger partial charge in [-0.15, -0.1) is 11.3 Å². The molecule has 1 heterocycles. The highest BCUT2D eigenvalue weighted by molar-refractivity contribution is 7.09. The van der Waals surface area contributed by atoms with Gasteiger partial charge in [0.25, 0.3) is 5.91 Å². The minimum atomic E-state index is -1.02. The summed E-state index contributed by atoms with van der Waals surface area (Å²) in [4.78, 5) is 23.5. The molecule has 1 amide bonds. The number of hydrogen-bond acceptors (Lipinski definition) is 3. The van der Waals surface area contributed by atoms with Gasteiger partial charge in [0.05, 0.1) is 6.54 Å². The maximum Gasteiger partial charge on any atom is 0.328 e. The van der Waals surface area contributed by atoms with Crippen LogP contribution < -0.4 is 5.32 Å². The molecule has 0 aliphatic carbocycles. The summed E-state index contributed by atoms with van der Waals surface area (Å²) < 4.78 is 0. The Labute approximate surface area is 120 Å². The second-order valence-corrected chi connectivity index (χ2v) is 5.09. The average molecular weight is 287 g/mol. The zero-order chi connectivity index (χ0) is 14.4. The molecule has 0 saturated carbocycles. The zero-order valence-electron chi connectivity index (χ0n) is 10.6. The lowest BCUT2D eigenvalue weighted by atomic mass is 10.1. The minimum absolute atomic E-state index is 0.177. The number of carboxylic acids is 1. The Morgan fingerprint density at radius 2 is 2.10 bits per heavy atom. The summed E-state index contributed by atoms with van der Waals surface area (Å²) in [6.07, 6.45) is 2.50. The largest absolute Gasteiger partial charge is 0.478 e. The second kappa shape index (κ2) is 6.68. The van der Waals surface area contributed by atoms with E-state index in [2.05, 4.69) is 5.32 Å². The first-order valence-corrected chi connectivity index (χ1v) is 6.85. The molecule has 1 aromatic heterocycles. The van der Waals surface area contributed by atoms with Crippen LogP contribution in [0.4, 0.5) is 0 Å². The third-order valence-electron chi connectivity index (χ3n) is 2.57. The van der Waals surface area contributed by atoms with Crippen molar-refractivity contribution < 1.29 is 14.7 Å². The number of thiophene rings is 1. The number of amides is 1. The first-order valence-electron chi connectivity index (χ1n) is 5.97. The summed E-state index contributed by atoms with van der Waals surface area (Å²) in [5.74, 6) is -1.19. The van der Waals surface area contributed by atoms with E-state index in [0.29, 0.717) is 17.7 Å². The van der Waals surface area contributed by atoms with Gasteiger partial charge in [-0.05, 0) is 35.2 Å². The molecule has 0 bridgehead atoms. The highest BCUT2D eigenvalue weighted by Crippen LogP contribution is 2.10. The van der Waals surface area contributed by atoms with Gasteiger partial charge in [0.2, 0.25) is 0 Å².